The van der Waals surface area contributed by atoms with E-state index in [1.807, 2.05) is 31.2 Å². The van der Waals surface area contributed by atoms with Gasteiger partial charge < -0.3 is 15.3 Å². The molecule has 2 N–H and O–H groups in total. The van der Waals surface area contributed by atoms with E-state index in [-0.39, 0.29) is 10.8 Å². The molecule has 0 aliphatic rings. The molecule has 0 aliphatic heterocycles. The van der Waals surface area contributed by atoms with Gasteiger partial charge in [-0.2, -0.15) is 5.10 Å². The Morgan fingerprint density at radius 3 is 2.73 bits per heavy atom. The first-order valence-electron chi connectivity index (χ1n) is 6.76. The Bertz CT molecular complexity index is 675. The summed E-state index contributed by atoms with van der Waals surface area (Å²) in [7, 11) is 0. The fraction of sp³-hybridized carbons (Fsp3) is 0.188. The molecule has 0 saturated heterocycles. The summed E-state index contributed by atoms with van der Waals surface area (Å²) in [6, 6.07) is 10.8. The number of aromatic hydroxyl groups is 1. The molecule has 0 bridgehead atoms. The maximum absolute atomic E-state index is 9.77. The molecule has 0 unspecified atom stereocenters. The summed E-state index contributed by atoms with van der Waals surface area (Å²) in [6.07, 6.45) is 1.60. The van der Waals surface area contributed by atoms with E-state index in [9.17, 15) is 5.11 Å². The molecule has 0 atom stereocenters. The van der Waals surface area contributed by atoms with Crippen molar-refractivity contribution in [3.05, 3.63) is 57.6 Å². The second-order valence-corrected chi connectivity index (χ2v) is 5.28. The number of hydrogen-bond donors (Lipinski definition) is 2. The maximum Gasteiger partial charge on any atom is 0.176 e. The molecular formula is C16H16Cl2N2O2. The topological polar surface area (TPSA) is 53.8 Å². The fourth-order valence-electron chi connectivity index (χ4n) is 1.83. The third-order valence-electron chi connectivity index (χ3n) is 2.88. The summed E-state index contributed by atoms with van der Waals surface area (Å²) < 4.78 is 5.32. The molecule has 6 heteroatoms. The molecule has 2 aromatic rings. The lowest BCUT2D eigenvalue weighted by Gasteiger charge is -2.08. The van der Waals surface area contributed by atoms with Crippen molar-refractivity contribution >= 4 is 29.4 Å². The van der Waals surface area contributed by atoms with Crippen molar-refractivity contribution in [3.63, 3.8) is 0 Å². The Balaban J connectivity index is 2.03. The molecular weight excluding hydrogens is 323 g/mol. The van der Waals surface area contributed by atoms with E-state index in [1.54, 1.807) is 18.3 Å². The van der Waals surface area contributed by atoms with Gasteiger partial charge in [0.2, 0.25) is 0 Å². The first-order valence-corrected chi connectivity index (χ1v) is 7.52. The zero-order chi connectivity index (χ0) is 15.9. The number of phenolic OH excluding ortho intramolecular Hbond substituents is 1. The van der Waals surface area contributed by atoms with E-state index in [1.165, 1.54) is 0 Å². The van der Waals surface area contributed by atoms with Gasteiger partial charge in [0.1, 0.15) is 0 Å². The summed E-state index contributed by atoms with van der Waals surface area (Å²) in [5.41, 5.74) is 4.59. The number of hydrogen-bond acceptors (Lipinski definition) is 4. The molecule has 0 heterocycles. The molecule has 2 rings (SSSR count). The van der Waals surface area contributed by atoms with E-state index in [4.69, 9.17) is 27.9 Å². The van der Waals surface area contributed by atoms with E-state index < -0.39 is 0 Å². The molecule has 0 fully saturated rings. The van der Waals surface area contributed by atoms with Gasteiger partial charge in [-0.05, 0) is 36.2 Å². The third-order valence-corrected chi connectivity index (χ3v) is 3.54. The SMILES string of the molecule is CCOc1cc(/C=N\NCc2ccccc2Cl)cc(Cl)c1O. The third kappa shape index (κ3) is 4.29. The molecule has 22 heavy (non-hydrogen) atoms. The van der Waals surface area contributed by atoms with Crippen LogP contribution < -0.4 is 10.2 Å². The van der Waals surface area contributed by atoms with Crippen molar-refractivity contribution in [2.45, 2.75) is 13.5 Å². The van der Waals surface area contributed by atoms with Gasteiger partial charge in [-0.3, -0.25) is 0 Å². The van der Waals surface area contributed by atoms with Crippen LogP contribution in [0.25, 0.3) is 0 Å². The number of nitrogens with one attached hydrogen (secondary N) is 1. The van der Waals surface area contributed by atoms with Crippen LogP contribution in [0.3, 0.4) is 0 Å². The molecule has 0 radical (unpaired) electrons. The monoisotopic (exact) mass is 338 g/mol. The van der Waals surface area contributed by atoms with Crippen LogP contribution in [0.15, 0.2) is 41.5 Å². The minimum atomic E-state index is -0.0651. The highest BCUT2D eigenvalue weighted by molar-refractivity contribution is 6.32. The van der Waals surface area contributed by atoms with Crippen molar-refractivity contribution in [2.24, 2.45) is 5.10 Å². The Morgan fingerprint density at radius 1 is 1.23 bits per heavy atom. The van der Waals surface area contributed by atoms with E-state index in [0.717, 1.165) is 11.1 Å². The maximum atomic E-state index is 9.77. The van der Waals surface area contributed by atoms with Gasteiger partial charge in [-0.1, -0.05) is 41.4 Å². The highest BCUT2D eigenvalue weighted by atomic mass is 35.5. The van der Waals surface area contributed by atoms with Crippen LogP contribution >= 0.6 is 23.2 Å². The number of ether oxygens (including phenoxy) is 1. The second kappa shape index (κ2) is 7.92. The second-order valence-electron chi connectivity index (χ2n) is 4.47. The van der Waals surface area contributed by atoms with Gasteiger partial charge >= 0.3 is 0 Å². The number of rotatable bonds is 6. The Hall–Kier alpha value is -1.91. The Labute approximate surface area is 139 Å². The normalized spacial score (nSPS) is 10.9. The predicted octanol–water partition coefficient (Wildman–Crippen LogP) is 4.22. The molecule has 0 aromatic heterocycles. The number of benzene rings is 2. The van der Waals surface area contributed by atoms with Crippen LogP contribution in [0.5, 0.6) is 11.5 Å². The number of phenols is 1. The summed E-state index contributed by atoms with van der Waals surface area (Å²) >= 11 is 12.0. The number of nitrogens with zero attached hydrogens (tertiary/aromatic N) is 1. The van der Waals surface area contributed by atoms with Gasteiger partial charge in [0.05, 0.1) is 24.4 Å². The Morgan fingerprint density at radius 2 is 2.00 bits per heavy atom. The summed E-state index contributed by atoms with van der Waals surface area (Å²) in [5, 5.41) is 14.8. The molecule has 0 aliphatic carbocycles. The smallest absolute Gasteiger partial charge is 0.176 e. The first kappa shape index (κ1) is 16.5. The predicted molar refractivity (Wildman–Crippen MR) is 90.2 cm³/mol. The van der Waals surface area contributed by atoms with Gasteiger partial charge in [0.15, 0.2) is 11.5 Å². The number of hydrazone groups is 1. The highest BCUT2D eigenvalue weighted by Crippen LogP contribution is 2.34. The van der Waals surface area contributed by atoms with Crippen LogP contribution in [0.2, 0.25) is 10.0 Å². The van der Waals surface area contributed by atoms with E-state index >= 15 is 0 Å². The Kier molecular flexibility index (Phi) is 5.92. The first-order chi connectivity index (χ1) is 10.6. The van der Waals surface area contributed by atoms with E-state index in [0.29, 0.717) is 23.9 Å². The van der Waals surface area contributed by atoms with Crippen molar-refractivity contribution in [1.82, 2.24) is 5.43 Å². The summed E-state index contributed by atoms with van der Waals surface area (Å²) in [6.45, 7) is 2.79. The van der Waals surface area contributed by atoms with E-state index in [2.05, 4.69) is 10.5 Å². The van der Waals surface area contributed by atoms with Crippen LogP contribution in [0.4, 0.5) is 0 Å². The minimum absolute atomic E-state index is 0.0651. The lowest BCUT2D eigenvalue weighted by Crippen LogP contribution is -2.06. The van der Waals surface area contributed by atoms with Crippen molar-refractivity contribution < 1.29 is 9.84 Å². The zero-order valence-corrected chi connectivity index (χ0v) is 13.5. The quantitative estimate of drug-likeness (QED) is 0.612. The summed E-state index contributed by atoms with van der Waals surface area (Å²) in [4.78, 5) is 0. The van der Waals surface area contributed by atoms with Crippen molar-refractivity contribution in [1.29, 1.82) is 0 Å². The zero-order valence-electron chi connectivity index (χ0n) is 12.0. The summed E-state index contributed by atoms with van der Waals surface area (Å²) in [5.74, 6) is 0.271. The molecule has 2 aromatic carbocycles. The molecule has 0 amide bonds. The molecule has 4 nitrogen and oxygen atoms in total. The van der Waals surface area contributed by atoms with Crippen LogP contribution in [-0.4, -0.2) is 17.9 Å². The van der Waals surface area contributed by atoms with Crippen LogP contribution in [0.1, 0.15) is 18.1 Å². The molecule has 116 valence electrons. The standard InChI is InChI=1S/C16H16Cl2N2O2/c1-2-22-15-8-11(7-14(18)16(15)21)9-19-20-10-12-5-3-4-6-13(12)17/h3-9,20-21H,2,10H2,1H3/b19-9-. The van der Waals surface area contributed by atoms with Crippen LogP contribution in [0, 0.1) is 0 Å². The molecule has 0 spiro atoms. The average Bonchev–Trinajstić information content (AvgIpc) is 2.50. The average molecular weight is 339 g/mol. The van der Waals surface area contributed by atoms with Gasteiger partial charge in [0.25, 0.3) is 0 Å². The minimum Gasteiger partial charge on any atom is -0.503 e. The van der Waals surface area contributed by atoms with Crippen molar-refractivity contribution in [2.75, 3.05) is 6.61 Å². The highest BCUT2D eigenvalue weighted by Gasteiger charge is 2.08. The van der Waals surface area contributed by atoms with Crippen molar-refractivity contribution in [3.8, 4) is 11.5 Å². The lowest BCUT2D eigenvalue weighted by atomic mass is 10.2. The van der Waals surface area contributed by atoms with Gasteiger partial charge in [0, 0.05) is 5.02 Å². The van der Waals surface area contributed by atoms with Gasteiger partial charge in [-0.15, -0.1) is 0 Å². The van der Waals surface area contributed by atoms with Crippen LogP contribution in [-0.2, 0) is 6.54 Å². The fourth-order valence-corrected chi connectivity index (χ4v) is 2.25. The van der Waals surface area contributed by atoms with Gasteiger partial charge in [-0.25, -0.2) is 0 Å². The largest absolute Gasteiger partial charge is 0.503 e. The number of halogens is 2. The lowest BCUT2D eigenvalue weighted by molar-refractivity contribution is 0.318. The molecule has 0 saturated carbocycles.